The molecule has 0 aliphatic carbocycles. The molecule has 180 valence electrons. The number of amides is 2. The SMILES string of the molecule is CCCCCCCCCCCC(=O)Nc1ccc(NC(=O)c2c(OC)cccc2OC)cc1. The number of methoxy groups -OCH3 is 2. The Labute approximate surface area is 198 Å². The topological polar surface area (TPSA) is 76.7 Å². The van der Waals surface area contributed by atoms with Gasteiger partial charge in [0.15, 0.2) is 0 Å². The molecule has 0 spiro atoms. The van der Waals surface area contributed by atoms with Crippen molar-refractivity contribution in [2.24, 2.45) is 0 Å². The molecule has 0 radical (unpaired) electrons. The molecule has 0 aliphatic heterocycles. The van der Waals surface area contributed by atoms with E-state index in [-0.39, 0.29) is 11.8 Å². The fourth-order valence-corrected chi connectivity index (χ4v) is 3.73. The molecule has 2 aromatic carbocycles. The summed E-state index contributed by atoms with van der Waals surface area (Å²) in [6.45, 7) is 2.23. The Morgan fingerprint density at radius 2 is 1.18 bits per heavy atom. The van der Waals surface area contributed by atoms with E-state index in [4.69, 9.17) is 9.47 Å². The first-order valence-electron chi connectivity index (χ1n) is 12.0. The van der Waals surface area contributed by atoms with Gasteiger partial charge < -0.3 is 20.1 Å². The Hall–Kier alpha value is -3.02. The number of benzene rings is 2. The number of carbonyl (C=O) groups excluding carboxylic acids is 2. The van der Waals surface area contributed by atoms with Gasteiger partial charge in [-0.2, -0.15) is 0 Å². The molecule has 0 unspecified atom stereocenters. The lowest BCUT2D eigenvalue weighted by Crippen LogP contribution is -2.15. The Morgan fingerprint density at radius 1 is 0.697 bits per heavy atom. The van der Waals surface area contributed by atoms with Crippen molar-refractivity contribution in [1.29, 1.82) is 0 Å². The predicted octanol–water partition coefficient (Wildman–Crippen LogP) is 6.82. The fourth-order valence-electron chi connectivity index (χ4n) is 3.73. The first-order valence-corrected chi connectivity index (χ1v) is 12.0. The van der Waals surface area contributed by atoms with Gasteiger partial charge in [0.05, 0.1) is 14.2 Å². The molecule has 0 aromatic heterocycles. The van der Waals surface area contributed by atoms with Gasteiger partial charge in [-0.05, 0) is 42.8 Å². The Morgan fingerprint density at radius 3 is 1.70 bits per heavy atom. The molecule has 2 amide bonds. The number of ether oxygens (including phenoxy) is 2. The summed E-state index contributed by atoms with van der Waals surface area (Å²) in [4.78, 5) is 25.0. The van der Waals surface area contributed by atoms with E-state index in [1.165, 1.54) is 59.2 Å². The van der Waals surface area contributed by atoms with Crippen LogP contribution in [-0.2, 0) is 4.79 Å². The molecule has 0 fully saturated rings. The molecule has 6 nitrogen and oxygen atoms in total. The van der Waals surface area contributed by atoms with Gasteiger partial charge in [0.2, 0.25) is 5.91 Å². The van der Waals surface area contributed by atoms with Crippen LogP contribution in [0, 0.1) is 0 Å². The molecule has 2 N–H and O–H groups in total. The number of carbonyl (C=O) groups is 2. The quantitative estimate of drug-likeness (QED) is 0.290. The average Bonchev–Trinajstić information content (AvgIpc) is 2.83. The molecule has 0 bridgehead atoms. The molecule has 0 saturated heterocycles. The highest BCUT2D eigenvalue weighted by molar-refractivity contribution is 6.08. The summed E-state index contributed by atoms with van der Waals surface area (Å²) in [7, 11) is 3.02. The lowest BCUT2D eigenvalue weighted by atomic mass is 10.1. The third kappa shape index (κ3) is 9.16. The highest BCUT2D eigenvalue weighted by atomic mass is 16.5. The highest BCUT2D eigenvalue weighted by Gasteiger charge is 2.18. The van der Waals surface area contributed by atoms with Gasteiger partial charge in [-0.1, -0.05) is 64.4 Å². The minimum atomic E-state index is -0.327. The Kier molecular flexibility index (Phi) is 11.9. The standard InChI is InChI=1S/C27H38N2O4/c1-4-5-6-7-8-9-10-11-12-16-25(30)28-21-17-19-22(20-18-21)29-27(31)26-23(32-2)14-13-15-24(26)33-3/h13-15,17-20H,4-12,16H2,1-3H3,(H,28,30)(H,29,31). The maximum atomic E-state index is 12.8. The molecule has 6 heteroatoms. The molecule has 2 aromatic rings. The third-order valence-electron chi connectivity index (χ3n) is 5.59. The second-order valence-electron chi connectivity index (χ2n) is 8.20. The second-order valence-corrected chi connectivity index (χ2v) is 8.20. The summed E-state index contributed by atoms with van der Waals surface area (Å²) < 4.78 is 10.6. The Balaban J connectivity index is 1.75. The lowest BCUT2D eigenvalue weighted by Gasteiger charge is -2.13. The first kappa shape index (κ1) is 26.2. The summed E-state index contributed by atoms with van der Waals surface area (Å²) in [5.74, 6) is 0.569. The zero-order valence-corrected chi connectivity index (χ0v) is 20.2. The number of unbranched alkanes of at least 4 members (excludes halogenated alkanes) is 8. The van der Waals surface area contributed by atoms with Crippen molar-refractivity contribution in [3.8, 4) is 11.5 Å². The van der Waals surface area contributed by atoms with Crippen LogP contribution in [0.15, 0.2) is 42.5 Å². The highest BCUT2D eigenvalue weighted by Crippen LogP contribution is 2.29. The van der Waals surface area contributed by atoms with Crippen LogP contribution >= 0.6 is 0 Å². The normalized spacial score (nSPS) is 10.5. The van der Waals surface area contributed by atoms with Gasteiger partial charge >= 0.3 is 0 Å². The number of hydrogen-bond donors (Lipinski definition) is 2. The molecule has 33 heavy (non-hydrogen) atoms. The van der Waals surface area contributed by atoms with Gasteiger partial charge in [-0.25, -0.2) is 0 Å². The lowest BCUT2D eigenvalue weighted by molar-refractivity contribution is -0.116. The van der Waals surface area contributed by atoms with Crippen molar-refractivity contribution in [2.75, 3.05) is 24.9 Å². The van der Waals surface area contributed by atoms with E-state index in [0.29, 0.717) is 34.9 Å². The molecule has 0 saturated carbocycles. The van der Waals surface area contributed by atoms with Crippen molar-refractivity contribution in [3.63, 3.8) is 0 Å². The van der Waals surface area contributed by atoms with Gasteiger partial charge in [0.1, 0.15) is 17.1 Å². The maximum Gasteiger partial charge on any atom is 0.263 e. The summed E-state index contributed by atoms with van der Waals surface area (Å²) in [5, 5.41) is 5.77. The molecular weight excluding hydrogens is 416 g/mol. The summed E-state index contributed by atoms with van der Waals surface area (Å²) in [5.41, 5.74) is 1.66. The third-order valence-corrected chi connectivity index (χ3v) is 5.59. The molecular formula is C27H38N2O4. The van der Waals surface area contributed by atoms with E-state index in [9.17, 15) is 9.59 Å². The summed E-state index contributed by atoms with van der Waals surface area (Å²) in [6.07, 6.45) is 11.6. The second kappa shape index (κ2) is 14.9. The molecule has 0 aliphatic rings. The average molecular weight is 455 g/mol. The zero-order chi connectivity index (χ0) is 23.9. The van der Waals surface area contributed by atoms with Crippen molar-refractivity contribution < 1.29 is 19.1 Å². The molecule has 2 rings (SSSR count). The number of nitrogens with one attached hydrogen (secondary N) is 2. The van der Waals surface area contributed by atoms with Gasteiger partial charge in [0.25, 0.3) is 5.91 Å². The zero-order valence-electron chi connectivity index (χ0n) is 20.2. The largest absolute Gasteiger partial charge is 0.496 e. The number of hydrogen-bond acceptors (Lipinski definition) is 4. The van der Waals surface area contributed by atoms with E-state index in [2.05, 4.69) is 17.6 Å². The molecule has 0 atom stereocenters. The summed E-state index contributed by atoms with van der Waals surface area (Å²) >= 11 is 0. The molecule has 0 heterocycles. The van der Waals surface area contributed by atoms with Crippen molar-refractivity contribution in [2.45, 2.75) is 71.1 Å². The smallest absolute Gasteiger partial charge is 0.263 e. The van der Waals surface area contributed by atoms with Crippen LogP contribution in [0.1, 0.15) is 81.5 Å². The van der Waals surface area contributed by atoms with Crippen LogP contribution in [0.5, 0.6) is 11.5 Å². The summed E-state index contributed by atoms with van der Waals surface area (Å²) in [6, 6.07) is 12.3. The van der Waals surface area contributed by atoms with Crippen LogP contribution in [0.3, 0.4) is 0 Å². The van der Waals surface area contributed by atoms with E-state index in [1.54, 1.807) is 42.5 Å². The van der Waals surface area contributed by atoms with Crippen LogP contribution in [-0.4, -0.2) is 26.0 Å². The Bertz CT molecular complexity index is 843. The van der Waals surface area contributed by atoms with Crippen molar-refractivity contribution in [1.82, 2.24) is 0 Å². The minimum absolute atomic E-state index is 0.0217. The predicted molar refractivity (Wildman–Crippen MR) is 134 cm³/mol. The van der Waals surface area contributed by atoms with Crippen LogP contribution in [0.2, 0.25) is 0 Å². The van der Waals surface area contributed by atoms with Crippen LogP contribution in [0.25, 0.3) is 0 Å². The van der Waals surface area contributed by atoms with E-state index < -0.39 is 0 Å². The number of rotatable bonds is 15. The maximum absolute atomic E-state index is 12.8. The van der Waals surface area contributed by atoms with E-state index in [0.717, 1.165) is 12.8 Å². The monoisotopic (exact) mass is 454 g/mol. The van der Waals surface area contributed by atoms with Crippen LogP contribution < -0.4 is 20.1 Å². The van der Waals surface area contributed by atoms with Gasteiger partial charge in [-0.3, -0.25) is 9.59 Å². The van der Waals surface area contributed by atoms with Gasteiger partial charge in [0, 0.05) is 17.8 Å². The van der Waals surface area contributed by atoms with E-state index in [1.807, 2.05) is 0 Å². The van der Waals surface area contributed by atoms with Crippen LogP contribution in [0.4, 0.5) is 11.4 Å². The first-order chi connectivity index (χ1) is 16.1. The fraction of sp³-hybridized carbons (Fsp3) is 0.481. The van der Waals surface area contributed by atoms with E-state index >= 15 is 0 Å². The number of anilines is 2. The van der Waals surface area contributed by atoms with Gasteiger partial charge in [-0.15, -0.1) is 0 Å². The van der Waals surface area contributed by atoms with Crippen molar-refractivity contribution in [3.05, 3.63) is 48.0 Å². The minimum Gasteiger partial charge on any atom is -0.496 e. The van der Waals surface area contributed by atoms with Crippen molar-refractivity contribution >= 4 is 23.2 Å².